The molecule has 27 heavy (non-hydrogen) atoms. The van der Waals surface area contributed by atoms with Crippen LogP contribution < -0.4 is 0 Å². The number of aromatic hydroxyl groups is 2. The van der Waals surface area contributed by atoms with Gasteiger partial charge < -0.3 is 10.2 Å². The van der Waals surface area contributed by atoms with Crippen molar-refractivity contribution < 1.29 is 10.2 Å². The van der Waals surface area contributed by atoms with Crippen LogP contribution in [0.3, 0.4) is 0 Å². The number of nitrogens with zero attached hydrogens (tertiary/aromatic N) is 3. The molecule has 0 radical (unpaired) electrons. The highest BCUT2D eigenvalue weighted by atomic mass is 32.1. The summed E-state index contributed by atoms with van der Waals surface area (Å²) in [4.78, 5) is 0. The van der Waals surface area contributed by atoms with Crippen molar-refractivity contribution in [3.8, 4) is 28.4 Å². The fourth-order valence-electron chi connectivity index (χ4n) is 3.39. The quantitative estimate of drug-likeness (QED) is 0.449. The highest BCUT2D eigenvalue weighted by Gasteiger charge is 2.20. The monoisotopic (exact) mass is 377 g/mol. The number of benzene rings is 3. The molecule has 4 rings (SSSR count). The lowest BCUT2D eigenvalue weighted by Gasteiger charge is -2.14. The average molecular weight is 377 g/mol. The zero-order chi connectivity index (χ0) is 19.0. The van der Waals surface area contributed by atoms with Gasteiger partial charge in [-0.15, -0.1) is 17.7 Å². The minimum Gasteiger partial charge on any atom is -0.508 e. The van der Waals surface area contributed by atoms with Crippen LogP contribution in [0.4, 0.5) is 0 Å². The minimum atomic E-state index is 0.0107. The third kappa shape index (κ3) is 2.92. The van der Waals surface area contributed by atoms with Gasteiger partial charge in [0.1, 0.15) is 27.9 Å². The number of aromatic nitrogens is 3. The molecule has 6 heteroatoms. The lowest BCUT2D eigenvalue weighted by molar-refractivity contribution is 0.434. The maximum Gasteiger partial charge on any atom is 0.148 e. The molecular formula is C21H19N3O2S. The van der Waals surface area contributed by atoms with E-state index in [1.165, 1.54) is 0 Å². The molecule has 4 aromatic rings. The summed E-state index contributed by atoms with van der Waals surface area (Å²) in [6.45, 7) is 1.99. The fourth-order valence-corrected chi connectivity index (χ4v) is 3.64. The Morgan fingerprint density at radius 2 is 1.78 bits per heavy atom. The van der Waals surface area contributed by atoms with Gasteiger partial charge in [0.15, 0.2) is 0 Å². The van der Waals surface area contributed by atoms with Crippen molar-refractivity contribution in [1.82, 2.24) is 15.0 Å². The first-order valence-electron chi connectivity index (χ1n) is 8.78. The van der Waals surface area contributed by atoms with E-state index < -0.39 is 0 Å². The molecule has 0 aliphatic heterocycles. The Hall–Kier alpha value is -2.99. The molecule has 0 saturated heterocycles. The van der Waals surface area contributed by atoms with Gasteiger partial charge in [-0.3, -0.25) is 0 Å². The number of phenols is 2. The van der Waals surface area contributed by atoms with E-state index in [0.29, 0.717) is 28.4 Å². The molecule has 0 fully saturated rings. The first-order chi connectivity index (χ1) is 13.1. The highest BCUT2D eigenvalue weighted by molar-refractivity contribution is 7.80. The number of phenolic OH excluding ortho intramolecular Hbond substituents is 2. The topological polar surface area (TPSA) is 71.2 Å². The Labute approximate surface area is 162 Å². The Morgan fingerprint density at radius 1 is 1.00 bits per heavy atom. The first-order valence-corrected chi connectivity index (χ1v) is 9.23. The smallest absolute Gasteiger partial charge is 0.148 e. The van der Waals surface area contributed by atoms with E-state index in [1.54, 1.807) is 16.8 Å². The standard InChI is InChI=1S/C21H19N3O2S/c1-2-6-16-18(25)12-11-17(20(16)26)24-19(21(27)22-23-24)15-10-5-8-13-7-3-4-9-14(13)15/h3-5,7-12,25-27H,2,6H2,1H3. The van der Waals surface area contributed by atoms with Gasteiger partial charge in [0, 0.05) is 11.1 Å². The molecule has 0 bridgehead atoms. The van der Waals surface area contributed by atoms with Crippen LogP contribution in [-0.4, -0.2) is 25.2 Å². The largest absolute Gasteiger partial charge is 0.508 e. The predicted molar refractivity (Wildman–Crippen MR) is 109 cm³/mol. The third-order valence-electron chi connectivity index (χ3n) is 4.66. The van der Waals surface area contributed by atoms with Crippen LogP contribution in [0.25, 0.3) is 27.7 Å². The Bertz CT molecular complexity index is 1130. The number of hydrogen-bond acceptors (Lipinski definition) is 5. The van der Waals surface area contributed by atoms with Gasteiger partial charge in [-0.05, 0) is 29.3 Å². The van der Waals surface area contributed by atoms with E-state index in [9.17, 15) is 10.2 Å². The number of thiol groups is 1. The minimum absolute atomic E-state index is 0.0107. The van der Waals surface area contributed by atoms with Crippen molar-refractivity contribution in [3.63, 3.8) is 0 Å². The van der Waals surface area contributed by atoms with Gasteiger partial charge in [-0.1, -0.05) is 61.0 Å². The molecule has 2 N–H and O–H groups in total. The van der Waals surface area contributed by atoms with E-state index in [4.69, 9.17) is 0 Å². The summed E-state index contributed by atoms with van der Waals surface area (Å²) in [5, 5.41) is 31.8. The molecule has 136 valence electrons. The molecule has 0 spiro atoms. The molecule has 0 saturated carbocycles. The number of hydrogen-bond donors (Lipinski definition) is 3. The maximum atomic E-state index is 10.8. The van der Waals surface area contributed by atoms with Crippen molar-refractivity contribution in [2.45, 2.75) is 24.8 Å². The van der Waals surface area contributed by atoms with E-state index >= 15 is 0 Å². The molecular weight excluding hydrogens is 358 g/mol. The summed E-state index contributed by atoms with van der Waals surface area (Å²) in [6, 6.07) is 17.3. The number of rotatable bonds is 4. The summed E-state index contributed by atoms with van der Waals surface area (Å²) < 4.78 is 1.58. The van der Waals surface area contributed by atoms with Crippen LogP contribution in [0.15, 0.2) is 59.6 Å². The van der Waals surface area contributed by atoms with Gasteiger partial charge >= 0.3 is 0 Å². The van der Waals surface area contributed by atoms with E-state index in [0.717, 1.165) is 22.8 Å². The average Bonchev–Trinajstić information content (AvgIpc) is 3.06. The van der Waals surface area contributed by atoms with Crippen LogP contribution in [-0.2, 0) is 6.42 Å². The summed E-state index contributed by atoms with van der Waals surface area (Å²) in [7, 11) is 0. The third-order valence-corrected chi connectivity index (χ3v) is 4.96. The lowest BCUT2D eigenvalue weighted by atomic mass is 10.0. The van der Waals surface area contributed by atoms with Gasteiger partial charge in [0.25, 0.3) is 0 Å². The highest BCUT2D eigenvalue weighted by Crippen LogP contribution is 2.38. The fraction of sp³-hybridized carbons (Fsp3) is 0.143. The van der Waals surface area contributed by atoms with E-state index in [1.807, 2.05) is 49.4 Å². The molecule has 1 aromatic heterocycles. The molecule has 3 aromatic carbocycles. The van der Waals surface area contributed by atoms with Gasteiger partial charge in [0.05, 0.1) is 0 Å². The molecule has 0 amide bonds. The Morgan fingerprint density at radius 3 is 2.59 bits per heavy atom. The van der Waals surface area contributed by atoms with Crippen molar-refractivity contribution in [3.05, 3.63) is 60.2 Å². The molecule has 0 aliphatic carbocycles. The van der Waals surface area contributed by atoms with E-state index in [2.05, 4.69) is 22.9 Å². The zero-order valence-corrected chi connectivity index (χ0v) is 15.7. The van der Waals surface area contributed by atoms with Gasteiger partial charge in [0.2, 0.25) is 0 Å². The molecule has 5 nitrogen and oxygen atoms in total. The SMILES string of the molecule is CCCc1c(O)ccc(-n2nnc(S)c2-c2cccc3ccccc23)c1O. The first kappa shape index (κ1) is 17.4. The van der Waals surface area contributed by atoms with Crippen LogP contribution in [0, 0.1) is 0 Å². The maximum absolute atomic E-state index is 10.8. The summed E-state index contributed by atoms with van der Waals surface area (Å²) in [5.41, 5.74) is 2.59. The normalized spacial score (nSPS) is 11.2. The van der Waals surface area contributed by atoms with Gasteiger partial charge in [-0.2, -0.15) is 0 Å². The van der Waals surface area contributed by atoms with Crippen LogP contribution >= 0.6 is 12.6 Å². The summed E-state index contributed by atoms with van der Waals surface area (Å²) in [6.07, 6.45) is 1.37. The second-order valence-corrected chi connectivity index (χ2v) is 6.80. The van der Waals surface area contributed by atoms with Crippen molar-refractivity contribution >= 4 is 23.4 Å². The summed E-state index contributed by atoms with van der Waals surface area (Å²) >= 11 is 4.50. The van der Waals surface area contributed by atoms with Crippen molar-refractivity contribution in [2.24, 2.45) is 0 Å². The summed E-state index contributed by atoms with van der Waals surface area (Å²) in [5.74, 6) is 0.0904. The predicted octanol–water partition coefficient (Wildman–Crippen LogP) is 4.74. The van der Waals surface area contributed by atoms with Gasteiger partial charge in [-0.25, -0.2) is 4.68 Å². The molecule has 0 unspecified atom stereocenters. The Balaban J connectivity index is 1.98. The second-order valence-electron chi connectivity index (χ2n) is 6.38. The second kappa shape index (κ2) is 6.96. The van der Waals surface area contributed by atoms with Crippen LogP contribution in [0.2, 0.25) is 0 Å². The van der Waals surface area contributed by atoms with Crippen molar-refractivity contribution in [2.75, 3.05) is 0 Å². The van der Waals surface area contributed by atoms with E-state index in [-0.39, 0.29) is 11.5 Å². The van der Waals surface area contributed by atoms with Crippen LogP contribution in [0.1, 0.15) is 18.9 Å². The molecule has 0 aliphatic rings. The van der Waals surface area contributed by atoms with Crippen molar-refractivity contribution in [1.29, 1.82) is 0 Å². The molecule has 1 heterocycles. The zero-order valence-electron chi connectivity index (χ0n) is 14.8. The molecule has 0 atom stereocenters. The van der Waals surface area contributed by atoms with Crippen LogP contribution in [0.5, 0.6) is 11.5 Å². The Kier molecular flexibility index (Phi) is 4.49. The lowest BCUT2D eigenvalue weighted by Crippen LogP contribution is -2.02. The number of fused-ring (bicyclic) bond motifs is 1.